The predicted octanol–water partition coefficient (Wildman–Crippen LogP) is 2.56. The second-order valence-corrected chi connectivity index (χ2v) is 4.05. The van der Waals surface area contributed by atoms with Crippen molar-refractivity contribution >= 4 is 11.6 Å². The molecule has 0 aliphatic rings. The van der Waals surface area contributed by atoms with Gasteiger partial charge in [-0.25, -0.2) is 13.2 Å². The Balaban J connectivity index is 2.67. The molecule has 0 saturated heterocycles. The fraction of sp³-hybridized carbons (Fsp3) is 0.417. The molecule has 1 amide bonds. The molecule has 1 atom stereocenters. The minimum atomic E-state index is -1.30. The SMILES string of the molecule is CCCC(N)CC(=O)Nc1cc(F)c(F)cc1F. The lowest BCUT2D eigenvalue weighted by Gasteiger charge is -2.11. The van der Waals surface area contributed by atoms with Gasteiger partial charge >= 0.3 is 0 Å². The highest BCUT2D eigenvalue weighted by Gasteiger charge is 2.14. The smallest absolute Gasteiger partial charge is 0.226 e. The van der Waals surface area contributed by atoms with E-state index in [2.05, 4.69) is 5.32 Å². The number of benzene rings is 1. The zero-order chi connectivity index (χ0) is 13.7. The molecule has 0 heterocycles. The zero-order valence-corrected chi connectivity index (χ0v) is 9.97. The monoisotopic (exact) mass is 260 g/mol. The summed E-state index contributed by atoms with van der Waals surface area (Å²) in [7, 11) is 0. The molecular weight excluding hydrogens is 245 g/mol. The molecule has 0 spiro atoms. The van der Waals surface area contributed by atoms with Crippen molar-refractivity contribution in [2.24, 2.45) is 5.73 Å². The van der Waals surface area contributed by atoms with Gasteiger partial charge in [0.15, 0.2) is 11.6 Å². The summed E-state index contributed by atoms with van der Waals surface area (Å²) in [5.74, 6) is -4.06. The van der Waals surface area contributed by atoms with Crippen LogP contribution in [0.4, 0.5) is 18.9 Å². The van der Waals surface area contributed by atoms with Crippen molar-refractivity contribution in [3.05, 3.63) is 29.6 Å². The molecule has 0 saturated carbocycles. The zero-order valence-electron chi connectivity index (χ0n) is 9.97. The minimum Gasteiger partial charge on any atom is -0.327 e. The van der Waals surface area contributed by atoms with Crippen molar-refractivity contribution in [3.63, 3.8) is 0 Å². The fourth-order valence-corrected chi connectivity index (χ4v) is 1.53. The van der Waals surface area contributed by atoms with Crippen LogP contribution in [0, 0.1) is 17.5 Å². The topological polar surface area (TPSA) is 55.1 Å². The Bertz CT molecular complexity index is 438. The van der Waals surface area contributed by atoms with E-state index in [0.717, 1.165) is 6.42 Å². The summed E-state index contributed by atoms with van der Waals surface area (Å²) in [5, 5.41) is 2.17. The van der Waals surface area contributed by atoms with E-state index < -0.39 is 23.4 Å². The van der Waals surface area contributed by atoms with E-state index in [0.29, 0.717) is 18.6 Å². The van der Waals surface area contributed by atoms with Crippen molar-refractivity contribution in [2.75, 3.05) is 5.32 Å². The Morgan fingerprint density at radius 2 is 1.89 bits per heavy atom. The molecule has 0 aliphatic heterocycles. The van der Waals surface area contributed by atoms with Gasteiger partial charge in [-0.2, -0.15) is 0 Å². The van der Waals surface area contributed by atoms with Crippen molar-refractivity contribution in [2.45, 2.75) is 32.2 Å². The number of amides is 1. The van der Waals surface area contributed by atoms with Crippen LogP contribution in [0.15, 0.2) is 12.1 Å². The van der Waals surface area contributed by atoms with Crippen LogP contribution in [0.1, 0.15) is 26.2 Å². The molecule has 0 aliphatic carbocycles. The predicted molar refractivity (Wildman–Crippen MR) is 62.4 cm³/mol. The van der Waals surface area contributed by atoms with Crippen LogP contribution in [0.3, 0.4) is 0 Å². The Kier molecular flexibility index (Phi) is 5.15. The number of halogens is 3. The molecule has 3 N–H and O–H groups in total. The van der Waals surface area contributed by atoms with Gasteiger partial charge in [0, 0.05) is 24.6 Å². The maximum absolute atomic E-state index is 13.2. The third kappa shape index (κ3) is 4.03. The number of nitrogens with one attached hydrogen (secondary N) is 1. The highest BCUT2D eigenvalue weighted by molar-refractivity contribution is 5.91. The number of carbonyl (C=O) groups excluding carboxylic acids is 1. The highest BCUT2D eigenvalue weighted by atomic mass is 19.2. The number of hydrogen-bond donors (Lipinski definition) is 2. The van der Waals surface area contributed by atoms with E-state index in [-0.39, 0.29) is 18.2 Å². The van der Waals surface area contributed by atoms with Crippen LogP contribution in [0.5, 0.6) is 0 Å². The lowest BCUT2D eigenvalue weighted by Crippen LogP contribution is -2.27. The van der Waals surface area contributed by atoms with Crippen molar-refractivity contribution in [1.29, 1.82) is 0 Å². The van der Waals surface area contributed by atoms with Crippen LogP contribution in [-0.4, -0.2) is 11.9 Å². The Labute approximate surface area is 103 Å². The summed E-state index contributed by atoms with van der Waals surface area (Å²) in [6, 6.07) is 0.661. The van der Waals surface area contributed by atoms with Gasteiger partial charge in [0.2, 0.25) is 5.91 Å². The largest absolute Gasteiger partial charge is 0.327 e. The molecule has 1 unspecified atom stereocenters. The number of rotatable bonds is 5. The van der Waals surface area contributed by atoms with Gasteiger partial charge in [-0.3, -0.25) is 4.79 Å². The first-order valence-electron chi connectivity index (χ1n) is 5.64. The van der Waals surface area contributed by atoms with E-state index >= 15 is 0 Å². The van der Waals surface area contributed by atoms with E-state index in [1.807, 2.05) is 6.92 Å². The van der Waals surface area contributed by atoms with Gasteiger partial charge in [0.1, 0.15) is 5.82 Å². The third-order valence-corrected chi connectivity index (χ3v) is 2.39. The van der Waals surface area contributed by atoms with E-state index in [1.54, 1.807) is 0 Å². The van der Waals surface area contributed by atoms with Gasteiger partial charge < -0.3 is 11.1 Å². The molecule has 6 heteroatoms. The number of nitrogens with two attached hydrogens (primary N) is 1. The number of hydrogen-bond acceptors (Lipinski definition) is 2. The number of carbonyl (C=O) groups is 1. The Morgan fingerprint density at radius 3 is 2.50 bits per heavy atom. The molecule has 1 aromatic carbocycles. The second-order valence-electron chi connectivity index (χ2n) is 4.05. The fourth-order valence-electron chi connectivity index (χ4n) is 1.53. The highest BCUT2D eigenvalue weighted by Crippen LogP contribution is 2.18. The van der Waals surface area contributed by atoms with Crippen LogP contribution >= 0.6 is 0 Å². The summed E-state index contributed by atoms with van der Waals surface area (Å²) in [6.45, 7) is 1.92. The lowest BCUT2D eigenvalue weighted by atomic mass is 10.1. The minimum absolute atomic E-state index is 0.00623. The average Bonchev–Trinajstić information content (AvgIpc) is 2.26. The summed E-state index contributed by atoms with van der Waals surface area (Å²) in [6.07, 6.45) is 1.49. The standard InChI is InChI=1S/C12H15F3N2O/c1-2-3-7(16)4-12(18)17-11-6-9(14)8(13)5-10(11)15/h5-7H,2-4,16H2,1H3,(H,17,18). The van der Waals surface area contributed by atoms with Crippen LogP contribution in [-0.2, 0) is 4.79 Å². The first-order chi connectivity index (χ1) is 8.43. The van der Waals surface area contributed by atoms with Crippen molar-refractivity contribution < 1.29 is 18.0 Å². The van der Waals surface area contributed by atoms with Crippen LogP contribution in [0.25, 0.3) is 0 Å². The molecule has 3 nitrogen and oxygen atoms in total. The Morgan fingerprint density at radius 1 is 1.28 bits per heavy atom. The molecule has 1 aromatic rings. The average molecular weight is 260 g/mol. The van der Waals surface area contributed by atoms with Gasteiger partial charge in [0.05, 0.1) is 5.69 Å². The van der Waals surface area contributed by atoms with Crippen molar-refractivity contribution in [1.82, 2.24) is 0 Å². The van der Waals surface area contributed by atoms with Crippen LogP contribution in [0.2, 0.25) is 0 Å². The molecule has 0 aromatic heterocycles. The van der Waals surface area contributed by atoms with Gasteiger partial charge in [-0.05, 0) is 6.42 Å². The maximum atomic E-state index is 13.2. The lowest BCUT2D eigenvalue weighted by molar-refractivity contribution is -0.116. The summed E-state index contributed by atoms with van der Waals surface area (Å²) in [4.78, 5) is 11.5. The quantitative estimate of drug-likeness (QED) is 0.799. The third-order valence-electron chi connectivity index (χ3n) is 2.39. The normalized spacial score (nSPS) is 12.3. The van der Waals surface area contributed by atoms with Gasteiger partial charge in [-0.1, -0.05) is 13.3 Å². The first-order valence-corrected chi connectivity index (χ1v) is 5.64. The summed E-state index contributed by atoms with van der Waals surface area (Å²) in [5.41, 5.74) is 5.26. The summed E-state index contributed by atoms with van der Waals surface area (Å²) < 4.78 is 38.8. The first kappa shape index (κ1) is 14.5. The second kappa shape index (κ2) is 6.39. The van der Waals surface area contributed by atoms with E-state index in [1.165, 1.54) is 0 Å². The molecule has 0 bridgehead atoms. The molecular formula is C12H15F3N2O. The maximum Gasteiger partial charge on any atom is 0.226 e. The molecule has 100 valence electrons. The van der Waals surface area contributed by atoms with E-state index in [4.69, 9.17) is 5.73 Å². The molecule has 0 fully saturated rings. The van der Waals surface area contributed by atoms with Gasteiger partial charge in [0.25, 0.3) is 0 Å². The number of anilines is 1. The Hall–Kier alpha value is -1.56. The molecule has 1 rings (SSSR count). The van der Waals surface area contributed by atoms with Crippen LogP contribution < -0.4 is 11.1 Å². The molecule has 18 heavy (non-hydrogen) atoms. The van der Waals surface area contributed by atoms with E-state index in [9.17, 15) is 18.0 Å². The van der Waals surface area contributed by atoms with Gasteiger partial charge in [-0.15, -0.1) is 0 Å². The molecule has 0 radical (unpaired) electrons. The van der Waals surface area contributed by atoms with Crippen molar-refractivity contribution in [3.8, 4) is 0 Å². The summed E-state index contributed by atoms with van der Waals surface area (Å²) >= 11 is 0.